The Morgan fingerprint density at radius 2 is 1.76 bits per heavy atom. The van der Waals surface area contributed by atoms with Crippen LogP contribution in [0.2, 0.25) is 0 Å². The molecular formula is C41H52N4O5. The molecule has 9 nitrogen and oxygen atoms in total. The Bertz CT molecular complexity index is 1850. The standard InChI is InChI=1S/C41H52N4O5/c1-10-12-15-28(4)49-34-17-14-13-16-32(34)30-23-27(3)24-31(25-30)33-26-35-42-29(5)36(37(39(46)47)50-40(6,7)8)38(45(35)43-33)44-20-18-41(9,19-21-44)48-22-11-2/h10-11,13-14,16-17,23-26,28,37H,1-2,12,15,18-22H2,3-9H3,(H,46,47)/t28-,37?/m0/s1. The lowest BCUT2D eigenvalue weighted by Crippen LogP contribution is -2.45. The maximum Gasteiger partial charge on any atom is 0.337 e. The molecule has 0 radical (unpaired) electrons. The maximum absolute atomic E-state index is 12.9. The largest absolute Gasteiger partial charge is 0.490 e. The van der Waals surface area contributed by atoms with E-state index in [-0.39, 0.29) is 11.7 Å². The Balaban J connectivity index is 1.62. The predicted octanol–water partition coefficient (Wildman–Crippen LogP) is 8.92. The number of benzene rings is 2. The number of carbonyl (C=O) groups is 1. The van der Waals surface area contributed by atoms with E-state index in [2.05, 4.69) is 63.1 Å². The number of ether oxygens (including phenoxy) is 3. The molecule has 0 spiro atoms. The fourth-order valence-electron chi connectivity index (χ4n) is 6.57. The summed E-state index contributed by atoms with van der Waals surface area (Å²) in [5.41, 5.74) is 5.47. The van der Waals surface area contributed by atoms with E-state index in [0.29, 0.717) is 42.4 Å². The topological polar surface area (TPSA) is 98.4 Å². The molecule has 266 valence electrons. The molecule has 4 aromatic rings. The van der Waals surface area contributed by atoms with Crippen molar-refractivity contribution in [2.75, 3.05) is 24.6 Å². The first kappa shape index (κ1) is 36.8. The fraction of sp³-hybridized carbons (Fsp3) is 0.439. The summed E-state index contributed by atoms with van der Waals surface area (Å²) in [6.07, 6.45) is 5.76. The predicted molar refractivity (Wildman–Crippen MR) is 200 cm³/mol. The molecule has 5 rings (SSSR count). The number of hydrogen-bond donors (Lipinski definition) is 1. The van der Waals surface area contributed by atoms with Gasteiger partial charge in [-0.3, -0.25) is 0 Å². The normalized spacial score (nSPS) is 15.9. The van der Waals surface area contributed by atoms with Crippen LogP contribution < -0.4 is 9.64 Å². The molecule has 1 aliphatic heterocycles. The highest BCUT2D eigenvalue weighted by atomic mass is 16.5. The zero-order valence-corrected chi connectivity index (χ0v) is 30.7. The molecule has 9 heteroatoms. The molecule has 50 heavy (non-hydrogen) atoms. The van der Waals surface area contributed by atoms with Crippen molar-refractivity contribution in [3.05, 3.63) is 90.7 Å². The number of aliphatic carboxylic acids is 1. The highest BCUT2D eigenvalue weighted by Gasteiger charge is 2.37. The van der Waals surface area contributed by atoms with Crippen molar-refractivity contribution in [3.8, 4) is 28.1 Å². The van der Waals surface area contributed by atoms with Gasteiger partial charge in [-0.1, -0.05) is 36.4 Å². The second kappa shape index (κ2) is 15.2. The van der Waals surface area contributed by atoms with Crippen LogP contribution in [0.5, 0.6) is 5.75 Å². The number of rotatable bonds is 14. The van der Waals surface area contributed by atoms with E-state index in [0.717, 1.165) is 59.4 Å². The Labute approximate surface area is 296 Å². The number of nitrogens with zero attached hydrogens (tertiary/aromatic N) is 4. The summed E-state index contributed by atoms with van der Waals surface area (Å²) in [7, 11) is 0. The average molecular weight is 681 g/mol. The number of aromatic nitrogens is 3. The van der Waals surface area contributed by atoms with Crippen LogP contribution in [0.4, 0.5) is 5.82 Å². The second-order valence-electron chi connectivity index (χ2n) is 14.6. The van der Waals surface area contributed by atoms with E-state index in [1.54, 1.807) is 10.6 Å². The number of allylic oxidation sites excluding steroid dienone is 1. The summed E-state index contributed by atoms with van der Waals surface area (Å²) in [5, 5.41) is 15.7. The first-order chi connectivity index (χ1) is 23.7. The van der Waals surface area contributed by atoms with Crippen molar-refractivity contribution in [3.63, 3.8) is 0 Å². The van der Waals surface area contributed by atoms with Crippen molar-refractivity contribution >= 4 is 17.4 Å². The van der Waals surface area contributed by atoms with E-state index in [1.165, 1.54) is 0 Å². The van der Waals surface area contributed by atoms with Gasteiger partial charge in [-0.05, 0) is 103 Å². The van der Waals surface area contributed by atoms with Crippen molar-refractivity contribution < 1.29 is 24.1 Å². The van der Waals surface area contributed by atoms with Crippen molar-refractivity contribution in [2.24, 2.45) is 0 Å². The van der Waals surface area contributed by atoms with Gasteiger partial charge in [-0.25, -0.2) is 9.78 Å². The van der Waals surface area contributed by atoms with Gasteiger partial charge in [-0.2, -0.15) is 9.61 Å². The van der Waals surface area contributed by atoms with E-state index >= 15 is 0 Å². The third-order valence-corrected chi connectivity index (χ3v) is 9.11. The van der Waals surface area contributed by atoms with Crippen LogP contribution in [-0.4, -0.2) is 62.7 Å². The third-order valence-electron chi connectivity index (χ3n) is 9.11. The number of carboxylic acid groups (broad SMARTS) is 1. The third kappa shape index (κ3) is 8.45. The summed E-state index contributed by atoms with van der Waals surface area (Å²) >= 11 is 0. The van der Waals surface area contributed by atoms with Gasteiger partial charge in [0.05, 0.1) is 35.2 Å². The van der Waals surface area contributed by atoms with Crippen LogP contribution >= 0.6 is 0 Å². The molecule has 1 unspecified atom stereocenters. The molecule has 3 heterocycles. The molecule has 1 aliphatic rings. The summed E-state index contributed by atoms with van der Waals surface area (Å²) in [6.45, 7) is 23.1. The quantitative estimate of drug-likeness (QED) is 0.132. The van der Waals surface area contributed by atoms with Crippen LogP contribution in [-0.2, 0) is 14.3 Å². The number of aryl methyl sites for hydroxylation is 2. The van der Waals surface area contributed by atoms with E-state index in [1.807, 2.05) is 58.0 Å². The van der Waals surface area contributed by atoms with Crippen molar-refractivity contribution in [2.45, 2.75) is 97.6 Å². The summed E-state index contributed by atoms with van der Waals surface area (Å²) in [4.78, 5) is 20.0. The Kier molecular flexibility index (Phi) is 11.2. The molecule has 0 aliphatic carbocycles. The van der Waals surface area contributed by atoms with Gasteiger partial charge in [0.1, 0.15) is 11.6 Å². The molecule has 0 saturated carbocycles. The minimum atomic E-state index is -1.24. The molecular weight excluding hydrogens is 628 g/mol. The molecule has 1 saturated heterocycles. The lowest BCUT2D eigenvalue weighted by Gasteiger charge is -2.41. The molecule has 1 fully saturated rings. The van der Waals surface area contributed by atoms with Crippen LogP contribution in [0.1, 0.15) is 83.2 Å². The van der Waals surface area contributed by atoms with Gasteiger partial charge in [0.2, 0.25) is 0 Å². The van der Waals surface area contributed by atoms with Crippen molar-refractivity contribution in [1.29, 1.82) is 0 Å². The number of fused-ring (bicyclic) bond motifs is 1. The lowest BCUT2D eigenvalue weighted by atomic mass is 9.92. The second-order valence-corrected chi connectivity index (χ2v) is 14.6. The Morgan fingerprint density at radius 3 is 2.42 bits per heavy atom. The zero-order valence-electron chi connectivity index (χ0n) is 30.7. The van der Waals surface area contributed by atoms with E-state index in [4.69, 9.17) is 24.3 Å². The fourth-order valence-corrected chi connectivity index (χ4v) is 6.57. The highest BCUT2D eigenvalue weighted by Crippen LogP contribution is 2.39. The van der Waals surface area contributed by atoms with Crippen LogP contribution in [0.15, 0.2) is 73.8 Å². The Hall–Kier alpha value is -4.47. The number of para-hydroxylation sites is 1. The van der Waals surface area contributed by atoms with E-state index in [9.17, 15) is 9.90 Å². The minimum Gasteiger partial charge on any atom is -0.490 e. The average Bonchev–Trinajstić information content (AvgIpc) is 3.48. The van der Waals surface area contributed by atoms with Crippen LogP contribution in [0, 0.1) is 13.8 Å². The summed E-state index contributed by atoms with van der Waals surface area (Å²) in [5.74, 6) is 0.436. The molecule has 1 N–H and O–H groups in total. The van der Waals surface area contributed by atoms with Crippen LogP contribution in [0.3, 0.4) is 0 Å². The van der Waals surface area contributed by atoms with Gasteiger partial charge < -0.3 is 24.2 Å². The van der Waals surface area contributed by atoms with E-state index < -0.39 is 17.7 Å². The molecule has 2 aromatic heterocycles. The smallest absolute Gasteiger partial charge is 0.337 e. The molecule has 0 amide bonds. The first-order valence-electron chi connectivity index (χ1n) is 17.5. The van der Waals surface area contributed by atoms with Gasteiger partial charge in [0.15, 0.2) is 11.8 Å². The first-order valence-corrected chi connectivity index (χ1v) is 17.5. The summed E-state index contributed by atoms with van der Waals surface area (Å²) < 4.78 is 20.6. The minimum absolute atomic E-state index is 0.0388. The van der Waals surface area contributed by atoms with Gasteiger partial charge in [0.25, 0.3) is 0 Å². The number of carboxylic acids is 1. The Morgan fingerprint density at radius 1 is 1.06 bits per heavy atom. The lowest BCUT2D eigenvalue weighted by molar-refractivity contribution is -0.160. The zero-order chi connectivity index (χ0) is 36.2. The van der Waals surface area contributed by atoms with Crippen LogP contribution in [0.25, 0.3) is 28.0 Å². The number of piperidine rings is 1. The van der Waals surface area contributed by atoms with Gasteiger partial charge >= 0.3 is 5.97 Å². The molecule has 2 aromatic carbocycles. The SMILES string of the molecule is C=CCC[C@H](C)Oc1ccccc1-c1cc(C)cc(-c2cc3nc(C)c(C(OC(C)(C)C)C(=O)O)c(N4CCC(C)(OCC=C)CC4)n3n2)c1. The van der Waals surface area contributed by atoms with Crippen molar-refractivity contribution in [1.82, 2.24) is 14.6 Å². The molecule has 2 atom stereocenters. The summed E-state index contributed by atoms with van der Waals surface area (Å²) in [6, 6.07) is 16.5. The van der Waals surface area contributed by atoms with Gasteiger partial charge in [-0.15, -0.1) is 13.2 Å². The molecule has 0 bridgehead atoms. The highest BCUT2D eigenvalue weighted by molar-refractivity contribution is 5.80. The number of hydrogen-bond acceptors (Lipinski definition) is 7. The monoisotopic (exact) mass is 680 g/mol. The number of anilines is 1. The van der Waals surface area contributed by atoms with Gasteiger partial charge in [0, 0.05) is 36.0 Å². The maximum atomic E-state index is 12.9.